The lowest BCUT2D eigenvalue weighted by molar-refractivity contribution is -0.119. The first kappa shape index (κ1) is 13.7. The molecular weight excluding hydrogens is 244 g/mol. The summed E-state index contributed by atoms with van der Waals surface area (Å²) in [4.78, 5) is 11.1. The van der Waals surface area contributed by atoms with E-state index in [2.05, 4.69) is 10.6 Å². The highest BCUT2D eigenvalue weighted by molar-refractivity contribution is 5.78. The Morgan fingerprint density at radius 3 is 2.89 bits per heavy atom. The van der Waals surface area contributed by atoms with Crippen LogP contribution in [0.1, 0.15) is 18.9 Å². The van der Waals surface area contributed by atoms with E-state index in [4.69, 9.17) is 9.47 Å². The summed E-state index contributed by atoms with van der Waals surface area (Å²) in [7, 11) is 1.63. The Hall–Kier alpha value is -1.75. The van der Waals surface area contributed by atoms with E-state index in [1.807, 2.05) is 25.1 Å². The van der Waals surface area contributed by atoms with Crippen LogP contribution < -0.4 is 20.1 Å². The summed E-state index contributed by atoms with van der Waals surface area (Å²) in [5.41, 5.74) is 1.11. The van der Waals surface area contributed by atoms with Crippen LogP contribution in [-0.4, -0.2) is 32.2 Å². The average Bonchev–Trinajstić information content (AvgIpc) is 2.83. The van der Waals surface area contributed by atoms with E-state index in [1.165, 1.54) is 0 Å². The minimum atomic E-state index is 0.113. The van der Waals surface area contributed by atoms with Crippen LogP contribution in [0.5, 0.6) is 11.5 Å². The van der Waals surface area contributed by atoms with Crippen molar-refractivity contribution in [3.63, 3.8) is 0 Å². The lowest BCUT2D eigenvalue weighted by Crippen LogP contribution is -2.30. The van der Waals surface area contributed by atoms with Gasteiger partial charge in [-0.2, -0.15) is 0 Å². The van der Waals surface area contributed by atoms with E-state index in [0.29, 0.717) is 26.1 Å². The highest BCUT2D eigenvalue weighted by atomic mass is 16.5. The van der Waals surface area contributed by atoms with Crippen molar-refractivity contribution >= 4 is 5.91 Å². The number of carbonyl (C=O) groups excluding carboxylic acids is 1. The van der Waals surface area contributed by atoms with Crippen LogP contribution >= 0.6 is 0 Å². The van der Waals surface area contributed by atoms with Crippen molar-refractivity contribution in [2.45, 2.75) is 25.9 Å². The molecule has 1 heterocycles. The lowest BCUT2D eigenvalue weighted by Gasteiger charge is -2.13. The number of ether oxygens (including phenoxy) is 2. The largest absolute Gasteiger partial charge is 0.493 e. The molecule has 1 fully saturated rings. The summed E-state index contributed by atoms with van der Waals surface area (Å²) in [6, 6.07) is 6.09. The van der Waals surface area contributed by atoms with Gasteiger partial charge in [0.05, 0.1) is 13.7 Å². The predicted octanol–water partition coefficient (Wildman–Crippen LogP) is 1.07. The summed E-state index contributed by atoms with van der Waals surface area (Å²) >= 11 is 0. The second kappa shape index (κ2) is 6.43. The maximum Gasteiger partial charge on any atom is 0.221 e. The van der Waals surface area contributed by atoms with Gasteiger partial charge in [-0.15, -0.1) is 0 Å². The fourth-order valence-electron chi connectivity index (χ4n) is 2.11. The topological polar surface area (TPSA) is 59.6 Å². The molecule has 1 aliphatic rings. The zero-order valence-corrected chi connectivity index (χ0v) is 11.4. The Morgan fingerprint density at radius 1 is 1.42 bits per heavy atom. The van der Waals surface area contributed by atoms with Gasteiger partial charge in [0.2, 0.25) is 5.91 Å². The highest BCUT2D eigenvalue weighted by Crippen LogP contribution is 2.28. The van der Waals surface area contributed by atoms with Gasteiger partial charge in [-0.25, -0.2) is 0 Å². The molecule has 2 N–H and O–H groups in total. The molecule has 1 unspecified atom stereocenters. The number of nitrogens with one attached hydrogen (secondary N) is 2. The van der Waals surface area contributed by atoms with Crippen molar-refractivity contribution in [3.8, 4) is 11.5 Å². The van der Waals surface area contributed by atoms with Crippen molar-refractivity contribution in [2.75, 3.05) is 20.3 Å². The Balaban J connectivity index is 1.95. The van der Waals surface area contributed by atoms with Gasteiger partial charge in [-0.05, 0) is 24.6 Å². The molecule has 0 aliphatic carbocycles. The summed E-state index contributed by atoms with van der Waals surface area (Å²) in [6.07, 6.45) is 0.550. The van der Waals surface area contributed by atoms with Crippen LogP contribution in [0, 0.1) is 0 Å². The molecule has 1 aromatic carbocycles. The SMILES string of the molecule is CCOc1ccc(CNC2CNC(=O)C2)cc1OC. The third kappa shape index (κ3) is 3.61. The molecule has 0 aromatic heterocycles. The van der Waals surface area contributed by atoms with Gasteiger partial charge < -0.3 is 20.1 Å². The third-order valence-electron chi connectivity index (χ3n) is 3.10. The molecule has 1 aromatic rings. The molecule has 0 saturated carbocycles. The maximum atomic E-state index is 11.1. The van der Waals surface area contributed by atoms with Crippen molar-refractivity contribution in [1.82, 2.24) is 10.6 Å². The van der Waals surface area contributed by atoms with Gasteiger partial charge in [-0.1, -0.05) is 6.07 Å². The van der Waals surface area contributed by atoms with Gasteiger partial charge >= 0.3 is 0 Å². The normalized spacial score (nSPS) is 18.2. The van der Waals surface area contributed by atoms with E-state index < -0.39 is 0 Å². The zero-order chi connectivity index (χ0) is 13.7. The van der Waals surface area contributed by atoms with Gasteiger partial charge in [-0.3, -0.25) is 4.79 Å². The molecule has 5 heteroatoms. The Morgan fingerprint density at radius 2 is 2.26 bits per heavy atom. The lowest BCUT2D eigenvalue weighted by atomic mass is 10.1. The minimum Gasteiger partial charge on any atom is -0.493 e. The van der Waals surface area contributed by atoms with E-state index in [9.17, 15) is 4.79 Å². The molecule has 2 rings (SSSR count). The summed E-state index contributed by atoms with van der Waals surface area (Å²) < 4.78 is 10.8. The number of rotatable bonds is 6. The van der Waals surface area contributed by atoms with Gasteiger partial charge in [0.1, 0.15) is 0 Å². The summed E-state index contributed by atoms with van der Waals surface area (Å²) in [5.74, 6) is 1.61. The van der Waals surface area contributed by atoms with E-state index in [-0.39, 0.29) is 11.9 Å². The molecule has 104 valence electrons. The van der Waals surface area contributed by atoms with Gasteiger partial charge in [0.15, 0.2) is 11.5 Å². The first-order chi connectivity index (χ1) is 9.22. The molecule has 1 saturated heterocycles. The smallest absolute Gasteiger partial charge is 0.221 e. The van der Waals surface area contributed by atoms with Crippen molar-refractivity contribution in [1.29, 1.82) is 0 Å². The molecule has 0 radical (unpaired) electrons. The average molecular weight is 264 g/mol. The molecule has 5 nitrogen and oxygen atoms in total. The highest BCUT2D eigenvalue weighted by Gasteiger charge is 2.20. The number of amides is 1. The molecule has 1 aliphatic heterocycles. The van der Waals surface area contributed by atoms with Gasteiger partial charge in [0.25, 0.3) is 0 Å². The number of benzene rings is 1. The maximum absolute atomic E-state index is 11.1. The summed E-state index contributed by atoms with van der Waals surface area (Å²) in [5, 5.41) is 6.16. The van der Waals surface area contributed by atoms with Crippen LogP contribution in [0.15, 0.2) is 18.2 Å². The van der Waals surface area contributed by atoms with Crippen LogP contribution in [0.25, 0.3) is 0 Å². The van der Waals surface area contributed by atoms with Crippen LogP contribution in [-0.2, 0) is 11.3 Å². The predicted molar refractivity (Wildman–Crippen MR) is 72.4 cm³/mol. The number of hydrogen-bond donors (Lipinski definition) is 2. The van der Waals surface area contributed by atoms with Crippen molar-refractivity contribution in [3.05, 3.63) is 23.8 Å². The Labute approximate surface area is 113 Å². The summed E-state index contributed by atoms with van der Waals surface area (Å²) in [6.45, 7) is 3.97. The second-order valence-corrected chi connectivity index (χ2v) is 4.50. The van der Waals surface area contributed by atoms with E-state index >= 15 is 0 Å². The molecular formula is C14H20N2O3. The van der Waals surface area contributed by atoms with E-state index in [1.54, 1.807) is 7.11 Å². The third-order valence-corrected chi connectivity index (χ3v) is 3.10. The number of carbonyl (C=O) groups is 1. The Bertz CT molecular complexity index is 448. The first-order valence-electron chi connectivity index (χ1n) is 6.52. The van der Waals surface area contributed by atoms with Crippen LogP contribution in [0.2, 0.25) is 0 Å². The quantitative estimate of drug-likeness (QED) is 0.807. The molecule has 1 amide bonds. The fourth-order valence-corrected chi connectivity index (χ4v) is 2.11. The first-order valence-corrected chi connectivity index (χ1v) is 6.52. The fraction of sp³-hybridized carbons (Fsp3) is 0.500. The minimum absolute atomic E-state index is 0.113. The monoisotopic (exact) mass is 264 g/mol. The van der Waals surface area contributed by atoms with Crippen molar-refractivity contribution in [2.24, 2.45) is 0 Å². The van der Waals surface area contributed by atoms with Gasteiger partial charge in [0, 0.05) is 25.6 Å². The van der Waals surface area contributed by atoms with Crippen LogP contribution in [0.3, 0.4) is 0 Å². The molecule has 0 spiro atoms. The number of hydrogen-bond acceptors (Lipinski definition) is 4. The van der Waals surface area contributed by atoms with E-state index in [0.717, 1.165) is 17.1 Å². The standard InChI is InChI=1S/C14H20N2O3/c1-3-19-12-5-4-10(6-13(12)18-2)8-15-11-7-14(17)16-9-11/h4-6,11,15H,3,7-9H2,1-2H3,(H,16,17). The zero-order valence-electron chi connectivity index (χ0n) is 11.4. The molecule has 1 atom stereocenters. The second-order valence-electron chi connectivity index (χ2n) is 4.50. The molecule has 0 bridgehead atoms. The molecule has 19 heavy (non-hydrogen) atoms. The number of methoxy groups -OCH3 is 1. The van der Waals surface area contributed by atoms with Crippen LogP contribution in [0.4, 0.5) is 0 Å². The van der Waals surface area contributed by atoms with Crippen molar-refractivity contribution < 1.29 is 14.3 Å². The Kier molecular flexibility index (Phi) is 4.63.